The van der Waals surface area contributed by atoms with Crippen LogP contribution in [0.15, 0.2) is 34.8 Å². The normalized spacial score (nSPS) is 10.2. The van der Waals surface area contributed by atoms with Crippen molar-refractivity contribution in [3.05, 3.63) is 40.6 Å². The van der Waals surface area contributed by atoms with E-state index in [1.165, 1.54) is 12.1 Å². The average molecular weight is 331 g/mol. The third-order valence-corrected chi connectivity index (χ3v) is 2.43. The number of carboxylic acid groups (broad SMARTS) is 1. The Morgan fingerprint density at radius 2 is 1.95 bits per heavy atom. The monoisotopic (exact) mass is 330 g/mol. The standard InChI is InChI=1S/C11H8BrFN2O4/c12-7-2-1-6(5-8(7)13)14-11(19)15-9(16)3-4-10(17)18/h1-5H,(H,17,18)(H2,14,15,16,19). The summed E-state index contributed by atoms with van der Waals surface area (Å²) in [5.74, 6) is -2.79. The van der Waals surface area contributed by atoms with Crippen LogP contribution in [0, 0.1) is 5.82 Å². The Kier molecular flexibility index (Phi) is 5.19. The number of urea groups is 1. The first-order valence-corrected chi connectivity index (χ1v) is 5.66. The van der Waals surface area contributed by atoms with E-state index < -0.39 is 23.7 Å². The SMILES string of the molecule is O=C(O)C=CC(=O)NC(=O)Nc1ccc(Br)c(F)c1. The van der Waals surface area contributed by atoms with Crippen LogP contribution in [-0.4, -0.2) is 23.0 Å². The van der Waals surface area contributed by atoms with Gasteiger partial charge in [0.25, 0.3) is 5.91 Å². The molecule has 0 saturated carbocycles. The van der Waals surface area contributed by atoms with Crippen molar-refractivity contribution in [2.75, 3.05) is 5.32 Å². The molecular formula is C11H8BrFN2O4. The Labute approximate surface area is 115 Å². The second-order valence-corrected chi connectivity index (χ2v) is 4.10. The van der Waals surface area contributed by atoms with Gasteiger partial charge in [0.15, 0.2) is 0 Å². The molecule has 0 saturated heterocycles. The molecule has 0 radical (unpaired) electrons. The van der Waals surface area contributed by atoms with Crippen molar-refractivity contribution in [2.45, 2.75) is 0 Å². The molecule has 0 aliphatic carbocycles. The number of hydrogen-bond donors (Lipinski definition) is 3. The second-order valence-electron chi connectivity index (χ2n) is 3.24. The lowest BCUT2D eigenvalue weighted by atomic mass is 10.3. The molecule has 6 nitrogen and oxygen atoms in total. The lowest BCUT2D eigenvalue weighted by molar-refractivity contribution is -0.131. The number of aliphatic carboxylic acids is 1. The maximum absolute atomic E-state index is 13.1. The predicted octanol–water partition coefficient (Wildman–Crippen LogP) is 1.88. The molecule has 0 aliphatic heterocycles. The van der Waals surface area contributed by atoms with Gasteiger partial charge in [0.1, 0.15) is 5.82 Å². The molecule has 0 unspecified atom stereocenters. The molecule has 19 heavy (non-hydrogen) atoms. The Balaban J connectivity index is 2.58. The van der Waals surface area contributed by atoms with Crippen molar-refractivity contribution in [3.63, 3.8) is 0 Å². The van der Waals surface area contributed by atoms with Crippen LogP contribution in [0.4, 0.5) is 14.9 Å². The first-order chi connectivity index (χ1) is 8.88. The lowest BCUT2D eigenvalue weighted by Gasteiger charge is -2.05. The minimum absolute atomic E-state index is 0.146. The fraction of sp³-hybridized carbons (Fsp3) is 0. The van der Waals surface area contributed by atoms with Crippen LogP contribution >= 0.6 is 15.9 Å². The van der Waals surface area contributed by atoms with E-state index in [0.717, 1.165) is 6.07 Å². The van der Waals surface area contributed by atoms with Gasteiger partial charge >= 0.3 is 12.0 Å². The first kappa shape index (κ1) is 14.8. The highest BCUT2D eigenvalue weighted by Crippen LogP contribution is 2.19. The zero-order valence-corrected chi connectivity index (χ0v) is 10.9. The van der Waals surface area contributed by atoms with E-state index in [-0.39, 0.29) is 10.2 Å². The van der Waals surface area contributed by atoms with E-state index in [1.54, 1.807) is 0 Å². The summed E-state index contributed by atoms with van der Waals surface area (Å²) in [7, 11) is 0. The number of carbonyl (C=O) groups is 3. The van der Waals surface area contributed by atoms with Crippen LogP contribution in [0.1, 0.15) is 0 Å². The van der Waals surface area contributed by atoms with Crippen LogP contribution in [0.25, 0.3) is 0 Å². The largest absolute Gasteiger partial charge is 0.478 e. The van der Waals surface area contributed by atoms with Gasteiger partial charge in [0.05, 0.1) is 4.47 Å². The molecule has 1 aromatic rings. The summed E-state index contributed by atoms with van der Waals surface area (Å²) in [5.41, 5.74) is 0.146. The lowest BCUT2D eigenvalue weighted by Crippen LogP contribution is -2.33. The fourth-order valence-corrected chi connectivity index (χ4v) is 1.28. The second kappa shape index (κ2) is 6.64. The molecule has 0 aromatic heterocycles. The van der Waals surface area contributed by atoms with Crippen molar-refractivity contribution in [2.24, 2.45) is 0 Å². The maximum atomic E-state index is 13.1. The van der Waals surface area contributed by atoms with Gasteiger partial charge in [-0.15, -0.1) is 0 Å². The average Bonchev–Trinajstić information content (AvgIpc) is 2.31. The molecule has 1 aromatic carbocycles. The van der Waals surface area contributed by atoms with E-state index >= 15 is 0 Å². The minimum atomic E-state index is -1.31. The molecule has 0 atom stereocenters. The van der Waals surface area contributed by atoms with Crippen molar-refractivity contribution in [1.29, 1.82) is 0 Å². The number of benzene rings is 1. The summed E-state index contributed by atoms with van der Waals surface area (Å²) < 4.78 is 13.4. The number of amides is 3. The number of nitrogens with one attached hydrogen (secondary N) is 2. The third kappa shape index (κ3) is 5.30. The number of carboxylic acids is 1. The maximum Gasteiger partial charge on any atom is 0.328 e. The van der Waals surface area contributed by atoms with Crippen molar-refractivity contribution >= 4 is 39.5 Å². The van der Waals surface area contributed by atoms with Gasteiger partial charge in [0, 0.05) is 17.8 Å². The van der Waals surface area contributed by atoms with Gasteiger partial charge in [0.2, 0.25) is 0 Å². The van der Waals surface area contributed by atoms with Crippen LogP contribution < -0.4 is 10.6 Å². The first-order valence-electron chi connectivity index (χ1n) is 4.86. The Bertz CT molecular complexity index is 560. The molecule has 0 fully saturated rings. The highest BCUT2D eigenvalue weighted by atomic mass is 79.9. The van der Waals surface area contributed by atoms with Crippen LogP contribution in [0.2, 0.25) is 0 Å². The van der Waals surface area contributed by atoms with Gasteiger partial charge in [-0.1, -0.05) is 0 Å². The van der Waals surface area contributed by atoms with Gasteiger partial charge in [-0.05, 0) is 34.1 Å². The van der Waals surface area contributed by atoms with Gasteiger partial charge in [-0.25, -0.2) is 14.0 Å². The Morgan fingerprint density at radius 3 is 2.53 bits per heavy atom. The Hall–Kier alpha value is -2.22. The Morgan fingerprint density at radius 1 is 1.26 bits per heavy atom. The topological polar surface area (TPSA) is 95.5 Å². The fourth-order valence-electron chi connectivity index (χ4n) is 1.04. The summed E-state index contributed by atoms with van der Waals surface area (Å²) in [6, 6.07) is 2.96. The van der Waals surface area contributed by atoms with Gasteiger partial charge < -0.3 is 10.4 Å². The third-order valence-electron chi connectivity index (χ3n) is 1.79. The van der Waals surface area contributed by atoms with Gasteiger partial charge in [-0.3, -0.25) is 10.1 Å². The summed E-state index contributed by atoms with van der Waals surface area (Å²) in [5, 5.41) is 12.3. The molecule has 0 aliphatic rings. The molecule has 0 spiro atoms. The van der Waals surface area contributed by atoms with E-state index in [4.69, 9.17) is 5.11 Å². The van der Waals surface area contributed by atoms with Crippen LogP contribution in [-0.2, 0) is 9.59 Å². The molecule has 3 amide bonds. The van der Waals surface area contributed by atoms with Crippen molar-refractivity contribution in [1.82, 2.24) is 5.32 Å². The number of hydrogen-bond acceptors (Lipinski definition) is 3. The van der Waals surface area contributed by atoms with Gasteiger partial charge in [-0.2, -0.15) is 0 Å². The molecule has 3 N–H and O–H groups in total. The molecule has 1 rings (SSSR count). The number of imide groups is 1. The molecule has 0 bridgehead atoms. The summed E-state index contributed by atoms with van der Waals surface area (Å²) >= 11 is 2.95. The highest BCUT2D eigenvalue weighted by Gasteiger charge is 2.07. The van der Waals surface area contributed by atoms with Crippen molar-refractivity contribution < 1.29 is 23.9 Å². The zero-order valence-electron chi connectivity index (χ0n) is 9.31. The van der Waals surface area contributed by atoms with E-state index in [0.29, 0.717) is 12.2 Å². The van der Waals surface area contributed by atoms with E-state index in [9.17, 15) is 18.8 Å². The summed E-state index contributed by atoms with van der Waals surface area (Å²) in [4.78, 5) is 32.5. The number of carbonyl (C=O) groups excluding carboxylic acids is 2. The molecule has 8 heteroatoms. The van der Waals surface area contributed by atoms with E-state index in [1.807, 2.05) is 5.32 Å². The van der Waals surface area contributed by atoms with Crippen molar-refractivity contribution in [3.8, 4) is 0 Å². The smallest absolute Gasteiger partial charge is 0.328 e. The quantitative estimate of drug-likeness (QED) is 0.737. The molecular weight excluding hydrogens is 323 g/mol. The summed E-state index contributed by atoms with van der Waals surface area (Å²) in [6.07, 6.45) is 1.27. The number of rotatable bonds is 3. The summed E-state index contributed by atoms with van der Waals surface area (Å²) in [6.45, 7) is 0. The highest BCUT2D eigenvalue weighted by molar-refractivity contribution is 9.10. The number of halogens is 2. The zero-order chi connectivity index (χ0) is 14.4. The molecule has 100 valence electrons. The minimum Gasteiger partial charge on any atom is -0.478 e. The van der Waals surface area contributed by atoms with Crippen LogP contribution in [0.5, 0.6) is 0 Å². The molecule has 0 heterocycles. The number of anilines is 1. The van der Waals surface area contributed by atoms with Crippen LogP contribution in [0.3, 0.4) is 0 Å². The van der Waals surface area contributed by atoms with E-state index in [2.05, 4.69) is 21.2 Å². The predicted molar refractivity (Wildman–Crippen MR) is 68.0 cm³/mol.